The van der Waals surface area contributed by atoms with E-state index < -0.39 is 0 Å². The third kappa shape index (κ3) is 3.93. The summed E-state index contributed by atoms with van der Waals surface area (Å²) in [6, 6.07) is 0. The van der Waals surface area contributed by atoms with Gasteiger partial charge in [0.2, 0.25) is 0 Å². The zero-order valence-electron chi connectivity index (χ0n) is 11.3. The van der Waals surface area contributed by atoms with Crippen molar-refractivity contribution in [2.75, 3.05) is 45.1 Å². The van der Waals surface area contributed by atoms with Crippen LogP contribution in [0.1, 0.15) is 38.5 Å². The molecule has 0 spiro atoms. The Labute approximate surface area is 115 Å². The molecule has 2 aliphatic rings. The van der Waals surface area contributed by atoms with Crippen molar-refractivity contribution in [2.45, 2.75) is 38.5 Å². The number of hydrogen-bond acceptors (Lipinski definition) is 2. The molecule has 17 heavy (non-hydrogen) atoms. The first kappa shape index (κ1) is 13.8. The first-order valence-corrected chi connectivity index (χ1v) is 8.33. The van der Waals surface area contributed by atoms with Crippen molar-refractivity contribution in [1.82, 2.24) is 9.80 Å². The normalized spacial score (nSPS) is 27.9. The van der Waals surface area contributed by atoms with Gasteiger partial charge in [-0.1, -0.05) is 41.6 Å². The summed E-state index contributed by atoms with van der Waals surface area (Å²) in [5, 5.41) is 1.20. The molecular weight excluding hydrogens is 276 g/mol. The van der Waals surface area contributed by atoms with Crippen molar-refractivity contribution in [1.29, 1.82) is 0 Å². The molecule has 0 aromatic heterocycles. The van der Waals surface area contributed by atoms with E-state index in [-0.39, 0.29) is 0 Å². The highest BCUT2D eigenvalue weighted by Gasteiger charge is 2.32. The highest BCUT2D eigenvalue weighted by molar-refractivity contribution is 9.09. The van der Waals surface area contributed by atoms with Crippen LogP contribution in [0.15, 0.2) is 0 Å². The van der Waals surface area contributed by atoms with E-state index in [0.29, 0.717) is 5.41 Å². The van der Waals surface area contributed by atoms with Crippen LogP contribution < -0.4 is 0 Å². The van der Waals surface area contributed by atoms with Gasteiger partial charge in [0.05, 0.1) is 0 Å². The molecule has 2 nitrogen and oxygen atoms in total. The number of hydrogen-bond donors (Lipinski definition) is 0. The van der Waals surface area contributed by atoms with Crippen molar-refractivity contribution in [3.05, 3.63) is 0 Å². The van der Waals surface area contributed by atoms with Gasteiger partial charge in [0, 0.05) is 38.1 Å². The second-order valence-electron chi connectivity index (χ2n) is 6.13. The van der Waals surface area contributed by atoms with Gasteiger partial charge in [0.15, 0.2) is 0 Å². The van der Waals surface area contributed by atoms with E-state index in [1.54, 1.807) is 0 Å². The van der Waals surface area contributed by atoms with Crippen LogP contribution in [0, 0.1) is 5.41 Å². The molecule has 0 radical (unpaired) electrons. The lowest BCUT2D eigenvalue weighted by Crippen LogP contribution is -2.49. The highest BCUT2D eigenvalue weighted by Crippen LogP contribution is 2.37. The Morgan fingerprint density at radius 2 is 1.53 bits per heavy atom. The monoisotopic (exact) mass is 302 g/mol. The van der Waals surface area contributed by atoms with Crippen LogP contribution in [0.25, 0.3) is 0 Å². The Balaban J connectivity index is 1.89. The molecule has 3 heteroatoms. The van der Waals surface area contributed by atoms with Crippen molar-refractivity contribution in [3.8, 4) is 0 Å². The summed E-state index contributed by atoms with van der Waals surface area (Å²) in [6.45, 7) is 6.36. The molecule has 1 aliphatic heterocycles. The van der Waals surface area contributed by atoms with Crippen LogP contribution in [0.3, 0.4) is 0 Å². The molecule has 0 amide bonds. The Morgan fingerprint density at radius 1 is 0.941 bits per heavy atom. The fourth-order valence-electron chi connectivity index (χ4n) is 3.29. The maximum Gasteiger partial charge on any atom is 0.0110 e. The quantitative estimate of drug-likeness (QED) is 0.584. The number of alkyl halides is 1. The minimum Gasteiger partial charge on any atom is -0.304 e. The third-order valence-corrected chi connectivity index (χ3v) is 5.79. The summed E-state index contributed by atoms with van der Waals surface area (Å²) >= 11 is 3.80. The zero-order chi connectivity index (χ0) is 12.1. The molecule has 100 valence electrons. The summed E-state index contributed by atoms with van der Waals surface area (Å²) < 4.78 is 0. The predicted octanol–water partition coefficient (Wildman–Crippen LogP) is 2.97. The van der Waals surface area contributed by atoms with Crippen LogP contribution in [-0.4, -0.2) is 54.9 Å². The van der Waals surface area contributed by atoms with Gasteiger partial charge in [0.1, 0.15) is 0 Å². The molecular formula is C14H27BrN2. The minimum atomic E-state index is 0.576. The van der Waals surface area contributed by atoms with Crippen molar-refractivity contribution in [3.63, 3.8) is 0 Å². The average Bonchev–Trinajstić information content (AvgIpc) is 2.58. The molecule has 1 saturated heterocycles. The van der Waals surface area contributed by atoms with Crippen molar-refractivity contribution in [2.24, 2.45) is 5.41 Å². The topological polar surface area (TPSA) is 6.48 Å². The van der Waals surface area contributed by atoms with E-state index in [9.17, 15) is 0 Å². The second-order valence-corrected chi connectivity index (χ2v) is 6.69. The number of likely N-dealkylation sites (N-methyl/N-ethyl adjacent to an activating group) is 1. The zero-order valence-corrected chi connectivity index (χ0v) is 12.8. The lowest BCUT2D eigenvalue weighted by atomic mass is 9.82. The van der Waals surface area contributed by atoms with E-state index in [0.717, 1.165) is 0 Å². The number of piperazine rings is 1. The van der Waals surface area contributed by atoms with Crippen molar-refractivity contribution < 1.29 is 0 Å². The molecule has 1 heterocycles. The van der Waals surface area contributed by atoms with Gasteiger partial charge in [-0.25, -0.2) is 0 Å². The average molecular weight is 303 g/mol. The van der Waals surface area contributed by atoms with E-state index >= 15 is 0 Å². The Bertz CT molecular complexity index is 216. The Morgan fingerprint density at radius 3 is 2.06 bits per heavy atom. The number of rotatable bonds is 3. The molecule has 0 bridgehead atoms. The maximum absolute atomic E-state index is 3.80. The number of halogens is 1. The van der Waals surface area contributed by atoms with E-state index in [1.165, 1.54) is 76.6 Å². The molecule has 0 aromatic rings. The molecule has 0 aromatic carbocycles. The maximum atomic E-state index is 3.80. The highest BCUT2D eigenvalue weighted by atomic mass is 79.9. The second kappa shape index (κ2) is 6.53. The van der Waals surface area contributed by atoms with Gasteiger partial charge in [-0.3, -0.25) is 0 Å². The fraction of sp³-hybridized carbons (Fsp3) is 1.00. The SMILES string of the molecule is CN1CCN(CC2(CBr)CCCCCC2)CC1. The van der Waals surface area contributed by atoms with Gasteiger partial charge in [-0.05, 0) is 25.3 Å². The van der Waals surface area contributed by atoms with Crippen LogP contribution in [0.4, 0.5) is 0 Å². The third-order valence-electron chi connectivity index (χ3n) is 4.60. The standard InChI is InChI=1S/C14H27BrN2/c1-16-8-10-17(11-9-16)13-14(12-15)6-4-2-3-5-7-14/h2-13H2,1H3. The smallest absolute Gasteiger partial charge is 0.0110 e. The molecule has 0 unspecified atom stereocenters. The largest absolute Gasteiger partial charge is 0.304 e. The minimum absolute atomic E-state index is 0.576. The molecule has 2 rings (SSSR count). The van der Waals surface area contributed by atoms with Gasteiger partial charge in [0.25, 0.3) is 0 Å². The van der Waals surface area contributed by atoms with Gasteiger partial charge < -0.3 is 9.80 Å². The molecule has 1 saturated carbocycles. The Hall–Kier alpha value is 0.400. The molecule has 0 atom stereocenters. The van der Waals surface area contributed by atoms with Crippen LogP contribution in [0.5, 0.6) is 0 Å². The van der Waals surface area contributed by atoms with Crippen molar-refractivity contribution >= 4 is 15.9 Å². The molecule has 2 fully saturated rings. The lowest BCUT2D eigenvalue weighted by molar-refractivity contribution is 0.0977. The summed E-state index contributed by atoms with van der Waals surface area (Å²) in [5.41, 5.74) is 0.576. The summed E-state index contributed by atoms with van der Waals surface area (Å²) in [5.74, 6) is 0. The summed E-state index contributed by atoms with van der Waals surface area (Å²) in [7, 11) is 2.24. The van der Waals surface area contributed by atoms with Gasteiger partial charge in [-0.15, -0.1) is 0 Å². The van der Waals surface area contributed by atoms with E-state index in [4.69, 9.17) is 0 Å². The molecule has 0 N–H and O–H groups in total. The van der Waals surface area contributed by atoms with Crippen LogP contribution in [0.2, 0.25) is 0 Å². The van der Waals surface area contributed by atoms with Crippen LogP contribution in [-0.2, 0) is 0 Å². The summed E-state index contributed by atoms with van der Waals surface area (Å²) in [4.78, 5) is 5.15. The lowest BCUT2D eigenvalue weighted by Gasteiger charge is -2.40. The van der Waals surface area contributed by atoms with Crippen LogP contribution >= 0.6 is 15.9 Å². The predicted molar refractivity (Wildman–Crippen MR) is 77.9 cm³/mol. The number of nitrogens with zero attached hydrogens (tertiary/aromatic N) is 2. The first-order chi connectivity index (χ1) is 8.24. The fourth-order valence-corrected chi connectivity index (χ4v) is 4.03. The molecule has 1 aliphatic carbocycles. The Kier molecular flexibility index (Phi) is 5.31. The summed E-state index contributed by atoms with van der Waals surface area (Å²) in [6.07, 6.45) is 8.67. The van der Waals surface area contributed by atoms with Gasteiger partial charge >= 0.3 is 0 Å². The first-order valence-electron chi connectivity index (χ1n) is 7.21. The van der Waals surface area contributed by atoms with Gasteiger partial charge in [-0.2, -0.15) is 0 Å². The van der Waals surface area contributed by atoms with E-state index in [2.05, 4.69) is 32.8 Å². The van der Waals surface area contributed by atoms with E-state index in [1.807, 2.05) is 0 Å².